The molecule has 0 atom stereocenters. The molecule has 1 aromatic rings. The van der Waals surface area contributed by atoms with Crippen LogP contribution in [0.5, 0.6) is 0 Å². The van der Waals surface area contributed by atoms with E-state index in [9.17, 15) is 26.7 Å². The fourth-order valence-corrected chi connectivity index (χ4v) is 1.62. The zero-order chi connectivity index (χ0) is 16.2. The summed E-state index contributed by atoms with van der Waals surface area (Å²) in [7, 11) is 1.32. The Hall–Kier alpha value is -1.74. The van der Waals surface area contributed by atoms with Crippen molar-refractivity contribution in [2.45, 2.75) is 0 Å². The number of ether oxygens (including phenoxy) is 1. The van der Waals surface area contributed by atoms with Crippen molar-refractivity contribution in [1.29, 1.82) is 0 Å². The lowest BCUT2D eigenvalue weighted by Crippen LogP contribution is -2.39. The van der Waals surface area contributed by atoms with Crippen LogP contribution in [0.3, 0.4) is 0 Å². The molecular formula is C12H13F5N2O2. The molecule has 0 unspecified atom stereocenters. The molecule has 0 heterocycles. The van der Waals surface area contributed by atoms with Crippen LogP contribution in [0.4, 0.5) is 22.0 Å². The zero-order valence-electron chi connectivity index (χ0n) is 11.1. The van der Waals surface area contributed by atoms with E-state index in [0.29, 0.717) is 0 Å². The minimum Gasteiger partial charge on any atom is -0.383 e. The summed E-state index contributed by atoms with van der Waals surface area (Å²) in [4.78, 5) is 12.8. The molecule has 0 aromatic heterocycles. The third kappa shape index (κ3) is 3.48. The second-order valence-corrected chi connectivity index (χ2v) is 4.02. The quantitative estimate of drug-likeness (QED) is 0.491. The number of halogens is 5. The summed E-state index contributed by atoms with van der Waals surface area (Å²) in [5, 5.41) is 0. The van der Waals surface area contributed by atoms with E-state index in [1.54, 1.807) is 0 Å². The van der Waals surface area contributed by atoms with Crippen molar-refractivity contribution < 1.29 is 31.5 Å². The van der Waals surface area contributed by atoms with Crippen LogP contribution in [-0.2, 0) is 4.74 Å². The molecule has 4 nitrogen and oxygen atoms in total. The lowest BCUT2D eigenvalue weighted by atomic mass is 10.1. The van der Waals surface area contributed by atoms with Gasteiger partial charge in [-0.2, -0.15) is 0 Å². The predicted molar refractivity (Wildman–Crippen MR) is 63.1 cm³/mol. The number of carbonyl (C=O) groups excluding carboxylic acids is 1. The van der Waals surface area contributed by atoms with Crippen LogP contribution >= 0.6 is 0 Å². The first-order chi connectivity index (χ1) is 9.86. The number of methoxy groups -OCH3 is 1. The third-order valence-corrected chi connectivity index (χ3v) is 2.68. The van der Waals surface area contributed by atoms with Gasteiger partial charge in [0, 0.05) is 26.7 Å². The fraction of sp³-hybridized carbons (Fsp3) is 0.417. The molecule has 0 bridgehead atoms. The number of amides is 1. The van der Waals surface area contributed by atoms with Crippen LogP contribution in [-0.4, -0.2) is 44.2 Å². The average Bonchev–Trinajstić information content (AvgIpc) is 2.47. The largest absolute Gasteiger partial charge is 0.383 e. The number of rotatable bonds is 6. The van der Waals surface area contributed by atoms with Crippen molar-refractivity contribution in [1.82, 2.24) is 4.90 Å². The molecule has 118 valence electrons. The van der Waals surface area contributed by atoms with Crippen molar-refractivity contribution in [3.63, 3.8) is 0 Å². The highest BCUT2D eigenvalue weighted by atomic mass is 19.2. The lowest BCUT2D eigenvalue weighted by Gasteiger charge is -2.22. The maximum atomic E-state index is 13.5. The van der Waals surface area contributed by atoms with Gasteiger partial charge in [-0.1, -0.05) is 0 Å². The molecule has 1 rings (SSSR count). The van der Waals surface area contributed by atoms with Gasteiger partial charge < -0.3 is 15.4 Å². The Labute approximate surface area is 117 Å². The Morgan fingerprint density at radius 3 is 1.90 bits per heavy atom. The zero-order valence-corrected chi connectivity index (χ0v) is 11.1. The van der Waals surface area contributed by atoms with Gasteiger partial charge in [0.1, 0.15) is 5.56 Å². The van der Waals surface area contributed by atoms with Gasteiger partial charge in [0.05, 0.1) is 6.61 Å². The molecule has 0 saturated heterocycles. The van der Waals surface area contributed by atoms with Crippen molar-refractivity contribution in [2.24, 2.45) is 5.73 Å². The number of carbonyl (C=O) groups is 1. The SMILES string of the molecule is COCCN(CCN)C(=O)c1c(F)c(F)c(F)c(F)c1F. The predicted octanol–water partition coefficient (Wildman–Crippen LogP) is 1.43. The summed E-state index contributed by atoms with van der Waals surface area (Å²) < 4.78 is 70.9. The van der Waals surface area contributed by atoms with Gasteiger partial charge in [0.15, 0.2) is 23.3 Å². The molecule has 1 amide bonds. The molecular weight excluding hydrogens is 299 g/mol. The van der Waals surface area contributed by atoms with E-state index < -0.39 is 40.6 Å². The van der Waals surface area contributed by atoms with Gasteiger partial charge in [-0.25, -0.2) is 22.0 Å². The van der Waals surface area contributed by atoms with Gasteiger partial charge in [-0.3, -0.25) is 4.79 Å². The molecule has 2 N–H and O–H groups in total. The minimum atomic E-state index is -2.32. The van der Waals surface area contributed by atoms with Gasteiger partial charge in [0.25, 0.3) is 5.91 Å². The van der Waals surface area contributed by atoms with E-state index in [-0.39, 0.29) is 26.2 Å². The fourth-order valence-electron chi connectivity index (χ4n) is 1.62. The summed E-state index contributed by atoms with van der Waals surface area (Å²) in [6.07, 6.45) is 0. The van der Waals surface area contributed by atoms with E-state index in [4.69, 9.17) is 10.5 Å². The number of nitrogens with two attached hydrogens (primary N) is 1. The maximum absolute atomic E-state index is 13.5. The second kappa shape index (κ2) is 7.32. The van der Waals surface area contributed by atoms with Gasteiger partial charge in [-0.05, 0) is 0 Å². The van der Waals surface area contributed by atoms with Crippen LogP contribution in [0.15, 0.2) is 0 Å². The van der Waals surface area contributed by atoms with E-state index in [1.807, 2.05) is 0 Å². The highest BCUT2D eigenvalue weighted by Gasteiger charge is 2.31. The maximum Gasteiger partial charge on any atom is 0.260 e. The summed E-state index contributed by atoms with van der Waals surface area (Å²) in [6, 6.07) is 0. The Bertz CT molecular complexity index is 510. The molecule has 0 aliphatic carbocycles. The molecule has 0 aliphatic heterocycles. The van der Waals surface area contributed by atoms with Crippen molar-refractivity contribution in [3.05, 3.63) is 34.6 Å². The smallest absolute Gasteiger partial charge is 0.260 e. The van der Waals surface area contributed by atoms with Crippen LogP contribution in [0.25, 0.3) is 0 Å². The van der Waals surface area contributed by atoms with E-state index >= 15 is 0 Å². The first-order valence-electron chi connectivity index (χ1n) is 5.86. The van der Waals surface area contributed by atoms with E-state index in [1.165, 1.54) is 7.11 Å². The highest BCUT2D eigenvalue weighted by Crippen LogP contribution is 2.24. The highest BCUT2D eigenvalue weighted by molar-refractivity contribution is 5.95. The minimum absolute atomic E-state index is 0.0150. The van der Waals surface area contributed by atoms with Crippen molar-refractivity contribution >= 4 is 5.91 Å². The van der Waals surface area contributed by atoms with Crippen LogP contribution in [0, 0.1) is 29.1 Å². The molecule has 0 fully saturated rings. The molecule has 0 aliphatic rings. The number of hydrogen-bond donors (Lipinski definition) is 1. The number of hydrogen-bond acceptors (Lipinski definition) is 3. The topological polar surface area (TPSA) is 55.6 Å². The molecule has 0 spiro atoms. The van der Waals surface area contributed by atoms with Crippen LogP contribution < -0.4 is 5.73 Å². The normalized spacial score (nSPS) is 10.8. The summed E-state index contributed by atoms with van der Waals surface area (Å²) in [5.41, 5.74) is 3.74. The Morgan fingerprint density at radius 2 is 1.48 bits per heavy atom. The molecule has 0 radical (unpaired) electrons. The van der Waals surface area contributed by atoms with Crippen LogP contribution in [0.1, 0.15) is 10.4 Å². The van der Waals surface area contributed by atoms with E-state index in [0.717, 1.165) is 4.90 Å². The Balaban J connectivity index is 3.27. The van der Waals surface area contributed by atoms with Gasteiger partial charge in [-0.15, -0.1) is 0 Å². The molecule has 0 saturated carbocycles. The second-order valence-electron chi connectivity index (χ2n) is 4.02. The van der Waals surface area contributed by atoms with Gasteiger partial charge in [0.2, 0.25) is 5.82 Å². The lowest BCUT2D eigenvalue weighted by molar-refractivity contribution is 0.0688. The monoisotopic (exact) mass is 312 g/mol. The van der Waals surface area contributed by atoms with Crippen molar-refractivity contribution in [2.75, 3.05) is 33.4 Å². The van der Waals surface area contributed by atoms with Gasteiger partial charge >= 0.3 is 0 Å². The first-order valence-corrected chi connectivity index (χ1v) is 5.86. The number of nitrogens with zero attached hydrogens (tertiary/aromatic N) is 1. The standard InChI is InChI=1S/C12H13F5N2O2/c1-21-5-4-19(3-2-18)12(20)6-7(13)9(15)11(17)10(16)8(6)14/h2-5,18H2,1H3. The summed E-state index contributed by atoms with van der Waals surface area (Å²) in [6.45, 7) is -0.264. The average molecular weight is 312 g/mol. The van der Waals surface area contributed by atoms with Crippen LogP contribution in [0.2, 0.25) is 0 Å². The number of benzene rings is 1. The molecule has 21 heavy (non-hydrogen) atoms. The molecule has 1 aromatic carbocycles. The Kier molecular flexibility index (Phi) is 6.03. The van der Waals surface area contributed by atoms with Crippen molar-refractivity contribution in [3.8, 4) is 0 Å². The summed E-state index contributed by atoms with van der Waals surface area (Å²) in [5.74, 6) is -12.3. The summed E-state index contributed by atoms with van der Waals surface area (Å²) >= 11 is 0. The first kappa shape index (κ1) is 17.3. The van der Waals surface area contributed by atoms with E-state index in [2.05, 4.69) is 0 Å². The third-order valence-electron chi connectivity index (χ3n) is 2.68. The molecule has 9 heteroatoms. The Morgan fingerprint density at radius 1 is 1.00 bits per heavy atom.